The van der Waals surface area contributed by atoms with Gasteiger partial charge in [-0.15, -0.1) is 0 Å². The fourth-order valence-electron chi connectivity index (χ4n) is 1.95. The Balaban J connectivity index is 0.00000256. The smallest absolute Gasteiger partial charge is 0.107 e. The van der Waals surface area contributed by atoms with Crippen LogP contribution >= 0.6 is 0 Å². The molecule has 0 bridgehead atoms. The van der Waals surface area contributed by atoms with E-state index in [1.807, 2.05) is 13.8 Å². The minimum Gasteiger partial charge on any atom is -0.376 e. The van der Waals surface area contributed by atoms with E-state index < -0.39 is 0 Å². The summed E-state index contributed by atoms with van der Waals surface area (Å²) >= 11 is 0. The van der Waals surface area contributed by atoms with E-state index in [9.17, 15) is 0 Å². The van der Waals surface area contributed by atoms with Gasteiger partial charge in [0.15, 0.2) is 0 Å². The first-order valence-corrected chi connectivity index (χ1v) is 6.37. The molecule has 17 heavy (non-hydrogen) atoms. The molecule has 1 aliphatic heterocycles. The summed E-state index contributed by atoms with van der Waals surface area (Å²) in [4.78, 5) is 0. The van der Waals surface area contributed by atoms with Crippen LogP contribution in [0.2, 0.25) is 0 Å². The van der Waals surface area contributed by atoms with E-state index in [-0.39, 0.29) is 31.8 Å². The molecule has 0 aromatic heterocycles. The molecule has 3 heteroatoms. The van der Waals surface area contributed by atoms with Gasteiger partial charge in [-0.2, -0.15) is 0 Å². The lowest BCUT2D eigenvalue weighted by Gasteiger charge is -2.36. The van der Waals surface area contributed by atoms with Crippen LogP contribution in [0, 0.1) is 5.92 Å². The van der Waals surface area contributed by atoms with Crippen molar-refractivity contribution >= 4 is 0 Å². The maximum Gasteiger partial charge on any atom is 0.107 e. The molecule has 0 radical (unpaired) electrons. The fourth-order valence-corrected chi connectivity index (χ4v) is 1.95. The highest BCUT2D eigenvalue weighted by molar-refractivity contribution is 4.79. The number of rotatable bonds is 5. The van der Waals surface area contributed by atoms with Gasteiger partial charge < -0.3 is 14.2 Å². The molecule has 1 saturated heterocycles. The standard InChI is InChI=1S/C13H26O3.CH4/c1-9(2)14-8-13-12(16-10(3)4)6-11(5)7-15-13;/h9-13H,6-8H2,1-5H3;1H4/t11-,12-,13+;/m0./s1. The number of ether oxygens (including phenoxy) is 3. The quantitative estimate of drug-likeness (QED) is 0.745. The second-order valence-corrected chi connectivity index (χ2v) is 5.32. The SMILES string of the molecule is C.CC(C)OC[C@H]1OC[C@@H](C)C[C@@H]1OC(C)C. The zero-order valence-corrected chi connectivity index (χ0v) is 11.2. The van der Waals surface area contributed by atoms with E-state index in [1.54, 1.807) is 0 Å². The molecule has 3 atom stereocenters. The van der Waals surface area contributed by atoms with Crippen LogP contribution in [-0.4, -0.2) is 37.6 Å². The lowest BCUT2D eigenvalue weighted by molar-refractivity contribution is -0.162. The summed E-state index contributed by atoms with van der Waals surface area (Å²) < 4.78 is 17.3. The van der Waals surface area contributed by atoms with Gasteiger partial charge in [-0.1, -0.05) is 14.4 Å². The highest BCUT2D eigenvalue weighted by atomic mass is 16.6. The Morgan fingerprint density at radius 2 is 1.82 bits per heavy atom. The Morgan fingerprint density at radius 3 is 2.35 bits per heavy atom. The van der Waals surface area contributed by atoms with Crippen LogP contribution in [0.3, 0.4) is 0 Å². The van der Waals surface area contributed by atoms with E-state index in [2.05, 4.69) is 20.8 Å². The Hall–Kier alpha value is -0.120. The minimum atomic E-state index is 0. The molecule has 0 saturated carbocycles. The Labute approximate surface area is 107 Å². The first-order chi connectivity index (χ1) is 7.49. The van der Waals surface area contributed by atoms with Crippen LogP contribution in [0.5, 0.6) is 0 Å². The van der Waals surface area contributed by atoms with Crippen molar-refractivity contribution in [1.29, 1.82) is 0 Å². The highest BCUT2D eigenvalue weighted by Gasteiger charge is 2.31. The minimum absolute atomic E-state index is 0. The van der Waals surface area contributed by atoms with Crippen molar-refractivity contribution in [3.05, 3.63) is 0 Å². The average molecular weight is 246 g/mol. The second kappa shape index (κ2) is 8.06. The summed E-state index contributed by atoms with van der Waals surface area (Å²) in [5.41, 5.74) is 0. The maximum atomic E-state index is 5.90. The highest BCUT2D eigenvalue weighted by Crippen LogP contribution is 2.23. The Bertz CT molecular complexity index is 190. The van der Waals surface area contributed by atoms with Gasteiger partial charge in [-0.3, -0.25) is 0 Å². The van der Waals surface area contributed by atoms with Crippen molar-refractivity contribution in [2.24, 2.45) is 5.92 Å². The maximum absolute atomic E-state index is 5.90. The van der Waals surface area contributed by atoms with Crippen molar-refractivity contribution in [2.75, 3.05) is 13.2 Å². The van der Waals surface area contributed by atoms with Crippen LogP contribution in [0.15, 0.2) is 0 Å². The van der Waals surface area contributed by atoms with Crippen molar-refractivity contribution < 1.29 is 14.2 Å². The van der Waals surface area contributed by atoms with Gasteiger partial charge >= 0.3 is 0 Å². The summed E-state index contributed by atoms with van der Waals surface area (Å²) in [6, 6.07) is 0. The van der Waals surface area contributed by atoms with Crippen LogP contribution in [0.4, 0.5) is 0 Å². The third-order valence-corrected chi connectivity index (χ3v) is 2.68. The fraction of sp³-hybridized carbons (Fsp3) is 1.00. The predicted molar refractivity (Wildman–Crippen MR) is 71.3 cm³/mol. The topological polar surface area (TPSA) is 27.7 Å². The lowest BCUT2D eigenvalue weighted by atomic mass is 9.97. The molecule has 0 aromatic rings. The van der Waals surface area contributed by atoms with E-state index in [0.29, 0.717) is 12.5 Å². The zero-order chi connectivity index (χ0) is 12.1. The Morgan fingerprint density at radius 1 is 1.18 bits per heavy atom. The van der Waals surface area contributed by atoms with Gasteiger partial charge in [-0.25, -0.2) is 0 Å². The van der Waals surface area contributed by atoms with Crippen molar-refractivity contribution in [3.8, 4) is 0 Å². The van der Waals surface area contributed by atoms with Crippen LogP contribution in [0.1, 0.15) is 48.5 Å². The molecule has 0 aliphatic carbocycles. The summed E-state index contributed by atoms with van der Waals surface area (Å²) in [6.07, 6.45) is 1.86. The molecule has 0 N–H and O–H groups in total. The molecule has 0 aromatic carbocycles. The zero-order valence-electron chi connectivity index (χ0n) is 11.2. The third-order valence-electron chi connectivity index (χ3n) is 2.68. The van der Waals surface area contributed by atoms with Gasteiger partial charge in [0.05, 0.1) is 24.9 Å². The Kier molecular flexibility index (Phi) is 8.01. The van der Waals surface area contributed by atoms with Crippen molar-refractivity contribution in [3.63, 3.8) is 0 Å². The molecule has 1 fully saturated rings. The number of hydrogen-bond donors (Lipinski definition) is 0. The van der Waals surface area contributed by atoms with Crippen molar-refractivity contribution in [1.82, 2.24) is 0 Å². The van der Waals surface area contributed by atoms with Crippen molar-refractivity contribution in [2.45, 2.75) is 72.9 Å². The van der Waals surface area contributed by atoms with Crippen LogP contribution in [-0.2, 0) is 14.2 Å². The largest absolute Gasteiger partial charge is 0.376 e. The van der Waals surface area contributed by atoms with Gasteiger partial charge in [0.1, 0.15) is 6.10 Å². The molecule has 3 nitrogen and oxygen atoms in total. The molecule has 1 heterocycles. The van der Waals surface area contributed by atoms with E-state index >= 15 is 0 Å². The van der Waals surface area contributed by atoms with Gasteiger partial charge in [0, 0.05) is 6.61 Å². The summed E-state index contributed by atoms with van der Waals surface area (Å²) in [5.74, 6) is 0.582. The van der Waals surface area contributed by atoms with Gasteiger partial charge in [0.25, 0.3) is 0 Å². The second-order valence-electron chi connectivity index (χ2n) is 5.32. The first kappa shape index (κ1) is 16.9. The number of hydrogen-bond acceptors (Lipinski definition) is 3. The van der Waals surface area contributed by atoms with E-state index in [0.717, 1.165) is 13.0 Å². The normalized spacial score (nSPS) is 29.5. The average Bonchev–Trinajstić information content (AvgIpc) is 2.15. The molecule has 1 aliphatic rings. The molecule has 0 amide bonds. The molecular weight excluding hydrogens is 216 g/mol. The summed E-state index contributed by atoms with van der Waals surface area (Å²) in [7, 11) is 0. The molecule has 0 unspecified atom stereocenters. The third kappa shape index (κ3) is 6.39. The summed E-state index contributed by atoms with van der Waals surface area (Å²) in [5, 5.41) is 0. The lowest BCUT2D eigenvalue weighted by Crippen LogP contribution is -2.43. The van der Waals surface area contributed by atoms with E-state index in [4.69, 9.17) is 14.2 Å². The molecular formula is C14H30O3. The van der Waals surface area contributed by atoms with Crippen LogP contribution < -0.4 is 0 Å². The van der Waals surface area contributed by atoms with Gasteiger partial charge in [-0.05, 0) is 40.0 Å². The summed E-state index contributed by atoms with van der Waals surface area (Å²) in [6.45, 7) is 11.9. The monoisotopic (exact) mass is 246 g/mol. The molecule has 0 spiro atoms. The first-order valence-electron chi connectivity index (χ1n) is 6.37. The predicted octanol–water partition coefficient (Wildman–Crippen LogP) is 3.27. The van der Waals surface area contributed by atoms with Crippen LogP contribution in [0.25, 0.3) is 0 Å². The molecule has 1 rings (SSSR count). The van der Waals surface area contributed by atoms with E-state index in [1.165, 1.54) is 0 Å². The van der Waals surface area contributed by atoms with Gasteiger partial charge in [0.2, 0.25) is 0 Å². The molecule has 104 valence electrons.